The van der Waals surface area contributed by atoms with E-state index in [-0.39, 0.29) is 16.3 Å². The van der Waals surface area contributed by atoms with Crippen LogP contribution in [0.4, 0.5) is 5.00 Å². The number of aryl methyl sites for hydroxylation is 2. The number of carbonyl (C=O) groups is 2. The van der Waals surface area contributed by atoms with Crippen LogP contribution in [-0.4, -0.2) is 21.4 Å². The van der Waals surface area contributed by atoms with Crippen molar-refractivity contribution in [1.29, 1.82) is 0 Å². The van der Waals surface area contributed by atoms with E-state index in [2.05, 4.69) is 9.69 Å². The lowest BCUT2D eigenvalue weighted by atomic mass is 10.2. The Kier molecular flexibility index (Phi) is 3.15. The molecular formula is C11H10N2O4S. The van der Waals surface area contributed by atoms with Gasteiger partial charge in [-0.15, -0.1) is 0 Å². The van der Waals surface area contributed by atoms with Gasteiger partial charge in [0, 0.05) is 5.56 Å². The van der Waals surface area contributed by atoms with E-state index in [4.69, 9.17) is 9.52 Å². The van der Waals surface area contributed by atoms with Crippen LogP contribution >= 0.6 is 11.5 Å². The molecule has 2 aromatic heterocycles. The highest BCUT2D eigenvalue weighted by atomic mass is 32.1. The van der Waals surface area contributed by atoms with Crippen LogP contribution in [0.5, 0.6) is 0 Å². The van der Waals surface area contributed by atoms with Crippen LogP contribution in [0.2, 0.25) is 0 Å². The molecule has 0 bridgehead atoms. The van der Waals surface area contributed by atoms with Gasteiger partial charge in [0.05, 0.1) is 12.0 Å². The highest BCUT2D eigenvalue weighted by molar-refractivity contribution is 7.11. The topological polar surface area (TPSA) is 92.4 Å². The van der Waals surface area contributed by atoms with Crippen LogP contribution < -0.4 is 5.32 Å². The van der Waals surface area contributed by atoms with Crippen molar-refractivity contribution in [3.8, 4) is 0 Å². The molecule has 94 valence electrons. The zero-order valence-corrected chi connectivity index (χ0v) is 10.5. The maximum atomic E-state index is 11.9. The van der Waals surface area contributed by atoms with E-state index in [0.29, 0.717) is 11.3 Å². The van der Waals surface area contributed by atoms with Gasteiger partial charge in [0.1, 0.15) is 10.6 Å². The number of amides is 1. The minimum absolute atomic E-state index is 0.0116. The lowest BCUT2D eigenvalue weighted by molar-refractivity contribution is 0.0697. The number of nitrogens with zero attached hydrogens (tertiary/aromatic N) is 1. The lowest BCUT2D eigenvalue weighted by Crippen LogP contribution is -2.13. The number of nitrogens with one attached hydrogen (secondary N) is 1. The maximum Gasteiger partial charge on any atom is 0.340 e. The standard InChI is InChI=1S/C11H10N2O4S/c1-5-3-4-17-8(5)9(14)12-10-7(11(15)16)6(2)13-18-10/h3-4H,1-2H3,(H,12,14)(H,15,16). The zero-order chi connectivity index (χ0) is 13.3. The number of aromatic nitrogens is 1. The first-order chi connectivity index (χ1) is 8.50. The lowest BCUT2D eigenvalue weighted by Gasteiger charge is -2.02. The van der Waals surface area contributed by atoms with Crippen LogP contribution in [0.25, 0.3) is 0 Å². The minimum atomic E-state index is -1.12. The predicted molar refractivity (Wildman–Crippen MR) is 65.2 cm³/mol. The number of hydrogen-bond donors (Lipinski definition) is 2. The number of carboxylic acids is 1. The summed E-state index contributed by atoms with van der Waals surface area (Å²) in [5.41, 5.74) is 1.07. The quantitative estimate of drug-likeness (QED) is 0.889. The van der Waals surface area contributed by atoms with Gasteiger partial charge in [-0.1, -0.05) is 0 Å². The molecule has 0 aliphatic carbocycles. The summed E-state index contributed by atoms with van der Waals surface area (Å²) in [7, 11) is 0. The Bertz CT molecular complexity index is 614. The number of rotatable bonds is 3. The van der Waals surface area contributed by atoms with Crippen molar-refractivity contribution in [2.75, 3.05) is 5.32 Å². The smallest absolute Gasteiger partial charge is 0.340 e. The molecule has 0 fully saturated rings. The van der Waals surface area contributed by atoms with Gasteiger partial charge in [-0.25, -0.2) is 4.79 Å². The molecule has 6 nitrogen and oxygen atoms in total. The predicted octanol–water partition coefficient (Wildman–Crippen LogP) is 2.30. The van der Waals surface area contributed by atoms with Gasteiger partial charge in [0.15, 0.2) is 5.76 Å². The van der Waals surface area contributed by atoms with Gasteiger partial charge in [-0.3, -0.25) is 4.79 Å². The van der Waals surface area contributed by atoms with Crippen LogP contribution in [0.15, 0.2) is 16.7 Å². The van der Waals surface area contributed by atoms with E-state index < -0.39 is 11.9 Å². The van der Waals surface area contributed by atoms with Gasteiger partial charge < -0.3 is 14.8 Å². The van der Waals surface area contributed by atoms with Gasteiger partial charge >= 0.3 is 5.97 Å². The number of carboxylic acid groups (broad SMARTS) is 1. The molecule has 18 heavy (non-hydrogen) atoms. The summed E-state index contributed by atoms with van der Waals surface area (Å²) in [6.07, 6.45) is 1.40. The van der Waals surface area contributed by atoms with Crippen molar-refractivity contribution >= 4 is 28.4 Å². The molecule has 0 saturated carbocycles. The average Bonchev–Trinajstić information content (AvgIpc) is 2.85. The van der Waals surface area contributed by atoms with E-state index in [1.54, 1.807) is 19.9 Å². The summed E-state index contributed by atoms with van der Waals surface area (Å²) >= 11 is 0.932. The third-order valence-electron chi connectivity index (χ3n) is 2.37. The van der Waals surface area contributed by atoms with Crippen molar-refractivity contribution in [2.45, 2.75) is 13.8 Å². The number of furan rings is 1. The Morgan fingerprint density at radius 3 is 2.72 bits per heavy atom. The highest BCUT2D eigenvalue weighted by Crippen LogP contribution is 2.25. The average molecular weight is 266 g/mol. The molecule has 0 radical (unpaired) electrons. The molecule has 0 atom stereocenters. The molecule has 0 spiro atoms. The summed E-state index contributed by atoms with van der Waals surface area (Å²) in [4.78, 5) is 22.9. The molecule has 0 saturated heterocycles. The second-order valence-electron chi connectivity index (χ2n) is 3.66. The largest absolute Gasteiger partial charge is 0.478 e. The Hall–Kier alpha value is -2.15. The summed E-state index contributed by atoms with van der Waals surface area (Å²) < 4.78 is 8.94. The van der Waals surface area contributed by atoms with Crippen LogP contribution in [0, 0.1) is 13.8 Å². The molecule has 1 amide bonds. The fourth-order valence-corrected chi connectivity index (χ4v) is 2.26. The van der Waals surface area contributed by atoms with Crippen LogP contribution in [0.3, 0.4) is 0 Å². The Balaban J connectivity index is 2.28. The molecule has 2 rings (SSSR count). The van der Waals surface area contributed by atoms with Crippen molar-refractivity contribution in [2.24, 2.45) is 0 Å². The Morgan fingerprint density at radius 1 is 1.44 bits per heavy atom. The third-order valence-corrected chi connectivity index (χ3v) is 3.23. The van der Waals surface area contributed by atoms with E-state index in [0.717, 1.165) is 11.5 Å². The second kappa shape index (κ2) is 4.61. The molecule has 0 unspecified atom stereocenters. The van der Waals surface area contributed by atoms with Crippen molar-refractivity contribution in [1.82, 2.24) is 4.37 Å². The molecule has 7 heteroatoms. The fraction of sp³-hybridized carbons (Fsp3) is 0.182. The van der Waals surface area contributed by atoms with E-state index >= 15 is 0 Å². The Labute approximate surface area is 106 Å². The first kappa shape index (κ1) is 12.3. The summed E-state index contributed by atoms with van der Waals surface area (Å²) in [6.45, 7) is 3.31. The van der Waals surface area contributed by atoms with Gasteiger partial charge in [0.25, 0.3) is 5.91 Å². The summed E-state index contributed by atoms with van der Waals surface area (Å²) in [6, 6.07) is 1.66. The molecule has 2 N–H and O–H groups in total. The van der Waals surface area contributed by atoms with Crippen LogP contribution in [-0.2, 0) is 0 Å². The number of aromatic carboxylic acids is 1. The van der Waals surface area contributed by atoms with Crippen molar-refractivity contribution < 1.29 is 19.1 Å². The molecule has 0 aromatic carbocycles. The number of hydrogen-bond acceptors (Lipinski definition) is 5. The van der Waals surface area contributed by atoms with Gasteiger partial charge in [-0.05, 0) is 31.4 Å². The summed E-state index contributed by atoms with van der Waals surface area (Å²) in [5, 5.41) is 11.7. The molecule has 2 heterocycles. The van der Waals surface area contributed by atoms with Gasteiger partial charge in [-0.2, -0.15) is 4.37 Å². The molecular weight excluding hydrogens is 256 g/mol. The molecule has 2 aromatic rings. The zero-order valence-electron chi connectivity index (χ0n) is 9.68. The highest BCUT2D eigenvalue weighted by Gasteiger charge is 2.21. The summed E-state index contributed by atoms with van der Waals surface area (Å²) in [5.74, 6) is -1.44. The first-order valence-electron chi connectivity index (χ1n) is 5.05. The monoisotopic (exact) mass is 266 g/mol. The number of carbonyl (C=O) groups excluding carboxylic acids is 1. The SMILES string of the molecule is Cc1ccoc1C(=O)Nc1snc(C)c1C(=O)O. The Morgan fingerprint density at radius 2 is 2.17 bits per heavy atom. The second-order valence-corrected chi connectivity index (χ2v) is 4.44. The van der Waals surface area contributed by atoms with Gasteiger partial charge in [0.2, 0.25) is 0 Å². The van der Waals surface area contributed by atoms with Crippen molar-refractivity contribution in [3.05, 3.63) is 34.9 Å². The van der Waals surface area contributed by atoms with E-state index in [9.17, 15) is 9.59 Å². The van der Waals surface area contributed by atoms with Crippen LogP contribution in [0.1, 0.15) is 32.2 Å². The molecule has 0 aliphatic rings. The maximum absolute atomic E-state index is 11.9. The first-order valence-corrected chi connectivity index (χ1v) is 5.83. The minimum Gasteiger partial charge on any atom is -0.478 e. The fourth-order valence-electron chi connectivity index (χ4n) is 1.47. The van der Waals surface area contributed by atoms with Crippen molar-refractivity contribution in [3.63, 3.8) is 0 Å². The molecule has 0 aliphatic heterocycles. The van der Waals surface area contributed by atoms with E-state index in [1.165, 1.54) is 6.26 Å². The number of anilines is 1. The normalized spacial score (nSPS) is 10.3. The third kappa shape index (κ3) is 2.12. The van der Waals surface area contributed by atoms with E-state index in [1.807, 2.05) is 0 Å².